The molecule has 3 rings (SSSR count). The molecule has 0 bridgehead atoms. The van der Waals surface area contributed by atoms with Gasteiger partial charge in [-0.05, 0) is 42.5 Å². The lowest BCUT2D eigenvalue weighted by molar-refractivity contribution is -0.117. The molecule has 1 N–H and O–H groups in total. The smallest absolute Gasteiger partial charge is 0.238 e. The molecule has 4 nitrogen and oxygen atoms in total. The van der Waals surface area contributed by atoms with Crippen LogP contribution in [-0.4, -0.2) is 36.6 Å². The van der Waals surface area contributed by atoms with Gasteiger partial charge in [-0.3, -0.25) is 9.69 Å². The van der Waals surface area contributed by atoms with Gasteiger partial charge in [-0.2, -0.15) is 0 Å². The monoisotopic (exact) mass is 348 g/mol. The molecule has 128 valence electrons. The summed E-state index contributed by atoms with van der Waals surface area (Å²) in [5.41, 5.74) is 0.480. The minimum Gasteiger partial charge on any atom is -0.377 e. The third-order valence-corrected chi connectivity index (χ3v) is 4.78. The predicted molar refractivity (Wildman–Crippen MR) is 93.6 cm³/mol. The van der Waals surface area contributed by atoms with Crippen LogP contribution >= 0.6 is 11.3 Å². The van der Waals surface area contributed by atoms with Crippen molar-refractivity contribution in [2.45, 2.75) is 25.5 Å². The van der Waals surface area contributed by atoms with Gasteiger partial charge in [0.05, 0.1) is 12.6 Å². The Morgan fingerprint density at radius 1 is 1.38 bits per heavy atom. The van der Waals surface area contributed by atoms with Gasteiger partial charge in [-0.25, -0.2) is 4.39 Å². The van der Waals surface area contributed by atoms with Crippen molar-refractivity contribution in [1.29, 1.82) is 0 Å². The summed E-state index contributed by atoms with van der Waals surface area (Å²) in [7, 11) is 0. The van der Waals surface area contributed by atoms with Crippen LogP contribution in [0.4, 0.5) is 10.1 Å². The van der Waals surface area contributed by atoms with Crippen LogP contribution in [0.2, 0.25) is 0 Å². The number of benzene rings is 1. The highest BCUT2D eigenvalue weighted by Gasteiger charge is 2.21. The summed E-state index contributed by atoms with van der Waals surface area (Å²) in [6.07, 6.45) is 2.30. The van der Waals surface area contributed by atoms with E-state index in [1.807, 2.05) is 11.4 Å². The fraction of sp³-hybridized carbons (Fsp3) is 0.389. The lowest BCUT2D eigenvalue weighted by atomic mass is 10.2. The average molecular weight is 348 g/mol. The van der Waals surface area contributed by atoms with E-state index in [1.165, 1.54) is 17.0 Å². The Morgan fingerprint density at radius 2 is 2.29 bits per heavy atom. The first kappa shape index (κ1) is 17.1. The molecule has 1 saturated heterocycles. The molecule has 1 aromatic heterocycles. The Kier molecular flexibility index (Phi) is 5.96. The summed E-state index contributed by atoms with van der Waals surface area (Å²) in [5.74, 6) is -0.502. The first-order chi connectivity index (χ1) is 11.7. The van der Waals surface area contributed by atoms with E-state index in [9.17, 15) is 9.18 Å². The highest BCUT2D eigenvalue weighted by atomic mass is 32.1. The quantitative estimate of drug-likeness (QED) is 0.833. The summed E-state index contributed by atoms with van der Waals surface area (Å²) in [6, 6.07) is 10.0. The molecular formula is C18H21FN2O2S. The van der Waals surface area contributed by atoms with Crippen LogP contribution in [-0.2, 0) is 16.1 Å². The first-order valence-corrected chi connectivity index (χ1v) is 8.99. The topological polar surface area (TPSA) is 41.6 Å². The van der Waals surface area contributed by atoms with Gasteiger partial charge in [0.15, 0.2) is 0 Å². The van der Waals surface area contributed by atoms with E-state index < -0.39 is 0 Å². The summed E-state index contributed by atoms with van der Waals surface area (Å²) in [5, 5.41) is 4.79. The van der Waals surface area contributed by atoms with Gasteiger partial charge in [0.1, 0.15) is 5.82 Å². The number of carbonyl (C=O) groups is 1. The molecule has 1 aliphatic heterocycles. The minimum atomic E-state index is -0.359. The van der Waals surface area contributed by atoms with E-state index in [4.69, 9.17) is 4.74 Å². The van der Waals surface area contributed by atoms with Crippen LogP contribution in [0.5, 0.6) is 0 Å². The maximum absolute atomic E-state index is 13.2. The van der Waals surface area contributed by atoms with Gasteiger partial charge in [0, 0.05) is 30.3 Å². The van der Waals surface area contributed by atoms with E-state index in [-0.39, 0.29) is 24.4 Å². The van der Waals surface area contributed by atoms with Crippen molar-refractivity contribution in [3.63, 3.8) is 0 Å². The molecule has 1 atom stereocenters. The van der Waals surface area contributed by atoms with Gasteiger partial charge in [-0.1, -0.05) is 12.1 Å². The molecule has 6 heteroatoms. The highest BCUT2D eigenvalue weighted by Crippen LogP contribution is 2.17. The maximum Gasteiger partial charge on any atom is 0.238 e. The van der Waals surface area contributed by atoms with Crippen molar-refractivity contribution in [2.75, 3.05) is 25.0 Å². The molecule has 1 fully saturated rings. The number of carbonyl (C=O) groups excluding carboxylic acids is 1. The molecule has 2 heterocycles. The predicted octanol–water partition coefficient (Wildman–Crippen LogP) is 3.51. The van der Waals surface area contributed by atoms with E-state index >= 15 is 0 Å². The van der Waals surface area contributed by atoms with Crippen molar-refractivity contribution in [3.8, 4) is 0 Å². The van der Waals surface area contributed by atoms with Gasteiger partial charge in [0.25, 0.3) is 0 Å². The van der Waals surface area contributed by atoms with Gasteiger partial charge >= 0.3 is 0 Å². The van der Waals surface area contributed by atoms with E-state index in [2.05, 4.69) is 16.3 Å². The number of halogens is 1. The Bertz CT molecular complexity index is 657. The summed E-state index contributed by atoms with van der Waals surface area (Å²) in [6.45, 7) is 2.50. The van der Waals surface area contributed by atoms with Crippen LogP contribution in [0.3, 0.4) is 0 Å². The number of anilines is 1. The molecule has 0 aliphatic carbocycles. The number of ether oxygens (including phenoxy) is 1. The van der Waals surface area contributed by atoms with Gasteiger partial charge in [-0.15, -0.1) is 11.3 Å². The van der Waals surface area contributed by atoms with Crippen molar-refractivity contribution in [3.05, 3.63) is 52.5 Å². The molecule has 1 aliphatic rings. The largest absolute Gasteiger partial charge is 0.377 e. The molecule has 0 radical (unpaired) electrons. The fourth-order valence-corrected chi connectivity index (χ4v) is 3.60. The zero-order chi connectivity index (χ0) is 16.8. The third-order valence-electron chi connectivity index (χ3n) is 3.92. The van der Waals surface area contributed by atoms with Crippen molar-refractivity contribution in [2.24, 2.45) is 0 Å². The van der Waals surface area contributed by atoms with E-state index in [0.717, 1.165) is 26.0 Å². The Hall–Kier alpha value is -1.76. The second-order valence-corrected chi connectivity index (χ2v) is 6.97. The number of rotatable bonds is 7. The van der Waals surface area contributed by atoms with E-state index in [0.29, 0.717) is 12.2 Å². The Morgan fingerprint density at radius 3 is 3.00 bits per heavy atom. The summed E-state index contributed by atoms with van der Waals surface area (Å²) >= 11 is 1.68. The van der Waals surface area contributed by atoms with Crippen LogP contribution in [0.25, 0.3) is 0 Å². The lowest BCUT2D eigenvalue weighted by Crippen LogP contribution is -2.37. The average Bonchev–Trinajstić information content (AvgIpc) is 3.21. The van der Waals surface area contributed by atoms with Crippen LogP contribution in [0.15, 0.2) is 41.8 Å². The highest BCUT2D eigenvalue weighted by molar-refractivity contribution is 7.09. The van der Waals surface area contributed by atoms with E-state index in [1.54, 1.807) is 23.5 Å². The molecule has 1 aromatic carbocycles. The lowest BCUT2D eigenvalue weighted by Gasteiger charge is -2.24. The number of hydrogen-bond acceptors (Lipinski definition) is 4. The first-order valence-electron chi connectivity index (χ1n) is 8.11. The van der Waals surface area contributed by atoms with Gasteiger partial charge < -0.3 is 10.1 Å². The van der Waals surface area contributed by atoms with Crippen molar-refractivity contribution >= 4 is 22.9 Å². The maximum atomic E-state index is 13.2. The normalized spacial score (nSPS) is 17.3. The zero-order valence-electron chi connectivity index (χ0n) is 13.4. The zero-order valence-corrected chi connectivity index (χ0v) is 14.2. The van der Waals surface area contributed by atoms with Crippen LogP contribution in [0.1, 0.15) is 17.7 Å². The molecule has 0 spiro atoms. The van der Waals surface area contributed by atoms with Crippen LogP contribution < -0.4 is 5.32 Å². The van der Waals surface area contributed by atoms with Crippen LogP contribution in [0, 0.1) is 5.82 Å². The third kappa shape index (κ3) is 5.12. The van der Waals surface area contributed by atoms with Crippen molar-refractivity contribution < 1.29 is 13.9 Å². The second kappa shape index (κ2) is 8.37. The minimum absolute atomic E-state index is 0.143. The second-order valence-electron chi connectivity index (χ2n) is 5.94. The van der Waals surface area contributed by atoms with Crippen molar-refractivity contribution in [1.82, 2.24) is 4.90 Å². The molecular weight excluding hydrogens is 327 g/mol. The standard InChI is InChI=1S/C18H21FN2O2S/c19-14-4-1-5-15(10-14)20-18(22)13-21(11-16-6-2-8-23-16)12-17-7-3-9-24-17/h1,3-5,7,9-10,16H,2,6,8,11-13H2,(H,20,22)/t16-/m0/s1. The number of thiophene rings is 1. The Labute approximate surface area is 145 Å². The Balaban J connectivity index is 1.60. The van der Waals surface area contributed by atoms with Gasteiger partial charge in [0.2, 0.25) is 5.91 Å². The number of hydrogen-bond donors (Lipinski definition) is 1. The molecule has 24 heavy (non-hydrogen) atoms. The molecule has 1 amide bonds. The summed E-state index contributed by atoms with van der Waals surface area (Å²) < 4.78 is 18.9. The number of nitrogens with zero attached hydrogens (tertiary/aromatic N) is 1. The summed E-state index contributed by atoms with van der Waals surface area (Å²) in [4.78, 5) is 15.6. The molecule has 0 unspecified atom stereocenters. The molecule has 2 aromatic rings. The fourth-order valence-electron chi connectivity index (χ4n) is 2.85. The number of amides is 1. The number of nitrogens with one attached hydrogen (secondary N) is 1. The molecule has 0 saturated carbocycles. The SMILES string of the molecule is O=C(CN(Cc1cccs1)C[C@@H]1CCCO1)Nc1cccc(F)c1.